The molecule has 0 radical (unpaired) electrons. The molecule has 0 aromatic heterocycles. The zero-order chi connectivity index (χ0) is 10.9. The topological polar surface area (TPSA) is 0 Å². The van der Waals surface area contributed by atoms with Crippen LogP contribution >= 0.6 is 0 Å². The second kappa shape index (κ2) is 3.45. The highest BCUT2D eigenvalue weighted by molar-refractivity contribution is 4.92. The molecule has 1 heteroatoms. The second-order valence-corrected chi connectivity index (χ2v) is 6.19. The normalized spacial score (nSPS) is 14.4. The smallest absolute Gasteiger partial charge is 0.0937 e. The molecule has 0 saturated carbocycles. The van der Waals surface area contributed by atoms with Gasteiger partial charge in [0.15, 0.2) is 0 Å². The monoisotopic (exact) mass is 184 g/mol. The van der Waals surface area contributed by atoms with Crippen LogP contribution in [0.15, 0.2) is 12.7 Å². The molecule has 0 fully saturated rings. The molecule has 0 N–H and O–H groups in total. The highest BCUT2D eigenvalue weighted by atomic mass is 15.3. The highest BCUT2D eigenvalue weighted by Gasteiger charge is 2.37. The highest BCUT2D eigenvalue weighted by Crippen LogP contribution is 2.33. The van der Waals surface area contributed by atoms with Crippen molar-refractivity contribution in [3.63, 3.8) is 0 Å². The first-order valence-electron chi connectivity index (χ1n) is 4.97. The maximum Gasteiger partial charge on any atom is 0.0937 e. The number of hydrogen-bond donors (Lipinski definition) is 0. The van der Waals surface area contributed by atoms with Gasteiger partial charge in [-0.1, -0.05) is 19.9 Å². The summed E-state index contributed by atoms with van der Waals surface area (Å²) in [5.74, 6) is 0. The molecule has 0 aromatic rings. The molecule has 0 aliphatic rings. The summed E-state index contributed by atoms with van der Waals surface area (Å²) in [6, 6.07) is 0. The first-order valence-corrected chi connectivity index (χ1v) is 4.97. The van der Waals surface area contributed by atoms with E-state index in [9.17, 15) is 0 Å². The van der Waals surface area contributed by atoms with Crippen LogP contribution in [0, 0.1) is 5.41 Å². The molecule has 0 aliphatic carbocycles. The van der Waals surface area contributed by atoms with Crippen LogP contribution in [0.5, 0.6) is 0 Å². The predicted octanol–water partition coefficient (Wildman–Crippen LogP) is 3.07. The lowest BCUT2D eigenvalue weighted by Crippen LogP contribution is -2.54. The fraction of sp³-hybridized carbons (Fsp3) is 0.833. The van der Waals surface area contributed by atoms with E-state index in [-0.39, 0.29) is 11.0 Å². The summed E-state index contributed by atoms with van der Waals surface area (Å²) >= 11 is 0. The average Bonchev–Trinajstić information content (AvgIpc) is 1.83. The third kappa shape index (κ3) is 3.51. The summed E-state index contributed by atoms with van der Waals surface area (Å²) < 4.78 is 0.990. The number of nitrogens with zero attached hydrogens (tertiary/aromatic N) is 1. The Bertz CT molecular complexity index is 182. The van der Waals surface area contributed by atoms with E-state index in [1.54, 1.807) is 0 Å². The van der Waals surface area contributed by atoms with Crippen LogP contribution in [0.2, 0.25) is 0 Å². The fourth-order valence-electron chi connectivity index (χ4n) is 1.42. The van der Waals surface area contributed by atoms with Crippen LogP contribution in [0.4, 0.5) is 0 Å². The Balaban J connectivity index is 4.61. The van der Waals surface area contributed by atoms with Gasteiger partial charge >= 0.3 is 0 Å². The molecule has 0 aliphatic heterocycles. The van der Waals surface area contributed by atoms with E-state index >= 15 is 0 Å². The Morgan fingerprint density at radius 2 is 1.46 bits per heavy atom. The second-order valence-electron chi connectivity index (χ2n) is 6.19. The summed E-state index contributed by atoms with van der Waals surface area (Å²) in [6.45, 7) is 13.0. The van der Waals surface area contributed by atoms with Gasteiger partial charge in [0.25, 0.3) is 0 Å². The summed E-state index contributed by atoms with van der Waals surface area (Å²) in [7, 11) is 6.75. The molecule has 13 heavy (non-hydrogen) atoms. The SMILES string of the molecule is C=CC(C)(C)CC(C)(C)[N+](C)(C)C. The van der Waals surface area contributed by atoms with E-state index in [2.05, 4.69) is 61.5 Å². The van der Waals surface area contributed by atoms with E-state index in [1.165, 1.54) is 0 Å². The molecule has 0 amide bonds. The van der Waals surface area contributed by atoms with Gasteiger partial charge in [0.05, 0.1) is 26.7 Å². The van der Waals surface area contributed by atoms with Gasteiger partial charge in [-0.25, -0.2) is 0 Å². The summed E-state index contributed by atoms with van der Waals surface area (Å²) in [6.07, 6.45) is 3.22. The van der Waals surface area contributed by atoms with E-state index < -0.39 is 0 Å². The quantitative estimate of drug-likeness (QED) is 0.465. The van der Waals surface area contributed by atoms with Crippen LogP contribution in [0.25, 0.3) is 0 Å². The van der Waals surface area contributed by atoms with Crippen molar-refractivity contribution in [3.8, 4) is 0 Å². The third-order valence-electron chi connectivity index (χ3n) is 3.26. The Kier molecular flexibility index (Phi) is 3.37. The summed E-state index contributed by atoms with van der Waals surface area (Å²) in [4.78, 5) is 0. The van der Waals surface area contributed by atoms with E-state index in [4.69, 9.17) is 0 Å². The van der Waals surface area contributed by atoms with Crippen LogP contribution in [-0.2, 0) is 0 Å². The van der Waals surface area contributed by atoms with Crippen molar-refractivity contribution in [1.82, 2.24) is 0 Å². The zero-order valence-electron chi connectivity index (χ0n) is 10.4. The minimum Gasteiger partial charge on any atom is -0.327 e. The molecule has 0 unspecified atom stereocenters. The molecule has 0 rings (SSSR count). The lowest BCUT2D eigenvalue weighted by molar-refractivity contribution is -0.920. The molecule has 0 spiro atoms. The Morgan fingerprint density at radius 3 is 1.69 bits per heavy atom. The van der Waals surface area contributed by atoms with Crippen molar-refractivity contribution in [2.75, 3.05) is 21.1 Å². The molecule has 0 saturated heterocycles. The Hall–Kier alpha value is -0.300. The van der Waals surface area contributed by atoms with Gasteiger partial charge in [0.2, 0.25) is 0 Å². The largest absolute Gasteiger partial charge is 0.327 e. The van der Waals surface area contributed by atoms with Gasteiger partial charge in [-0.15, -0.1) is 6.58 Å². The molecular formula is C12H26N+. The van der Waals surface area contributed by atoms with Gasteiger partial charge in [0.1, 0.15) is 0 Å². The molecule has 0 aromatic carbocycles. The first-order chi connectivity index (χ1) is 5.52. The number of allylic oxidation sites excluding steroid dienone is 1. The lowest BCUT2D eigenvalue weighted by Gasteiger charge is -2.44. The molecular weight excluding hydrogens is 158 g/mol. The standard InChI is InChI=1S/C12H26N/c1-9-11(2,3)10-12(4,5)13(6,7)8/h9H,1,10H2,2-8H3/q+1. The van der Waals surface area contributed by atoms with Crippen molar-refractivity contribution < 1.29 is 4.48 Å². The van der Waals surface area contributed by atoms with Crippen LogP contribution in [0.1, 0.15) is 34.1 Å². The third-order valence-corrected chi connectivity index (χ3v) is 3.26. The van der Waals surface area contributed by atoms with Gasteiger partial charge in [0, 0.05) is 6.42 Å². The maximum atomic E-state index is 3.89. The number of quaternary nitrogens is 1. The average molecular weight is 184 g/mol. The Morgan fingerprint density at radius 1 is 1.08 bits per heavy atom. The molecule has 0 atom stereocenters. The van der Waals surface area contributed by atoms with Crippen LogP contribution in [0.3, 0.4) is 0 Å². The van der Waals surface area contributed by atoms with Crippen LogP contribution in [-0.4, -0.2) is 31.2 Å². The molecule has 0 heterocycles. The predicted molar refractivity (Wildman–Crippen MR) is 60.7 cm³/mol. The van der Waals surface area contributed by atoms with Crippen LogP contribution < -0.4 is 0 Å². The van der Waals surface area contributed by atoms with Gasteiger partial charge in [-0.3, -0.25) is 0 Å². The Labute approximate surface area is 84.0 Å². The van der Waals surface area contributed by atoms with Gasteiger partial charge in [-0.05, 0) is 19.3 Å². The van der Waals surface area contributed by atoms with Gasteiger partial charge in [-0.2, -0.15) is 0 Å². The van der Waals surface area contributed by atoms with Crippen molar-refractivity contribution in [1.29, 1.82) is 0 Å². The van der Waals surface area contributed by atoms with E-state index in [0.717, 1.165) is 10.9 Å². The van der Waals surface area contributed by atoms with Crippen molar-refractivity contribution >= 4 is 0 Å². The first kappa shape index (κ1) is 12.7. The fourth-order valence-corrected chi connectivity index (χ4v) is 1.42. The van der Waals surface area contributed by atoms with Crippen molar-refractivity contribution in [3.05, 3.63) is 12.7 Å². The summed E-state index contributed by atoms with van der Waals surface area (Å²) in [5, 5.41) is 0. The number of rotatable bonds is 4. The minimum atomic E-state index is 0.231. The number of hydrogen-bond acceptors (Lipinski definition) is 0. The lowest BCUT2D eigenvalue weighted by atomic mass is 9.79. The maximum absolute atomic E-state index is 3.89. The van der Waals surface area contributed by atoms with E-state index in [1.807, 2.05) is 0 Å². The molecule has 78 valence electrons. The van der Waals surface area contributed by atoms with Crippen molar-refractivity contribution in [2.45, 2.75) is 39.7 Å². The zero-order valence-corrected chi connectivity index (χ0v) is 10.4. The van der Waals surface area contributed by atoms with E-state index in [0.29, 0.717) is 0 Å². The van der Waals surface area contributed by atoms with Crippen molar-refractivity contribution in [2.24, 2.45) is 5.41 Å². The minimum absolute atomic E-state index is 0.231. The molecule has 0 bridgehead atoms. The summed E-state index contributed by atoms with van der Waals surface area (Å²) in [5.41, 5.74) is 0.521. The molecule has 1 nitrogen and oxygen atoms in total. The van der Waals surface area contributed by atoms with Gasteiger partial charge < -0.3 is 4.48 Å².